The molecule has 0 aromatic carbocycles. The van der Waals surface area contributed by atoms with Crippen LogP contribution >= 0.6 is 0 Å². The molecule has 0 aromatic rings. The molecule has 0 bridgehead atoms. The third-order valence-electron chi connectivity index (χ3n) is 1.95. The van der Waals surface area contributed by atoms with Crippen molar-refractivity contribution in [3.05, 3.63) is 0 Å². The van der Waals surface area contributed by atoms with E-state index in [4.69, 9.17) is 16.3 Å². The first-order valence-corrected chi connectivity index (χ1v) is 5.51. The van der Waals surface area contributed by atoms with E-state index in [0.717, 1.165) is 0 Å². The van der Waals surface area contributed by atoms with Gasteiger partial charge in [0.2, 0.25) is 0 Å². The van der Waals surface area contributed by atoms with Crippen LogP contribution in [-0.2, 0) is 0 Å². The molecule has 4 nitrogen and oxygen atoms in total. The van der Waals surface area contributed by atoms with Gasteiger partial charge in [-0.2, -0.15) is 10.5 Å². The molecule has 0 spiro atoms. The van der Waals surface area contributed by atoms with Gasteiger partial charge in [0, 0.05) is 6.04 Å². The van der Waals surface area contributed by atoms with Crippen molar-refractivity contribution in [3.8, 4) is 12.4 Å². The van der Waals surface area contributed by atoms with Crippen LogP contribution in [0, 0.1) is 22.9 Å². The van der Waals surface area contributed by atoms with Crippen molar-refractivity contribution < 1.29 is 0 Å². The molecule has 0 aliphatic heterocycles. The molecule has 1 atom stereocenters. The second-order valence-electron chi connectivity index (χ2n) is 3.39. The first-order chi connectivity index (χ1) is 7.22. The van der Waals surface area contributed by atoms with E-state index in [-0.39, 0.29) is 0 Å². The first-order valence-electron chi connectivity index (χ1n) is 5.51. The van der Waals surface area contributed by atoms with Crippen LogP contribution in [0.15, 0.2) is 0 Å². The van der Waals surface area contributed by atoms with E-state index >= 15 is 0 Å². The predicted octanol–water partition coefficient (Wildman–Crippen LogP) is 2.23. The van der Waals surface area contributed by atoms with Crippen LogP contribution in [0.5, 0.6) is 0 Å². The van der Waals surface area contributed by atoms with Crippen molar-refractivity contribution in [1.82, 2.24) is 5.32 Å². The SMILES string of the molecule is CCCCCC(N)CCC.N#CNC#N. The van der Waals surface area contributed by atoms with Crippen LogP contribution < -0.4 is 11.1 Å². The largest absolute Gasteiger partial charge is 0.328 e. The fourth-order valence-electron chi connectivity index (χ4n) is 1.20. The standard InChI is InChI=1S/C9H21N.C2HN3/c1-3-5-6-8-9(10)7-4-2;3-1-5-2-4/h9H,3-8,10H2,1-2H3;5H. The zero-order valence-corrected chi connectivity index (χ0v) is 9.79. The van der Waals surface area contributed by atoms with E-state index < -0.39 is 0 Å². The lowest BCUT2D eigenvalue weighted by Crippen LogP contribution is -2.18. The molecule has 0 saturated heterocycles. The van der Waals surface area contributed by atoms with Gasteiger partial charge in [-0.05, 0) is 12.8 Å². The van der Waals surface area contributed by atoms with Gasteiger partial charge in [-0.25, -0.2) is 5.32 Å². The number of nitriles is 2. The van der Waals surface area contributed by atoms with Crippen molar-refractivity contribution in [2.75, 3.05) is 0 Å². The third-order valence-corrected chi connectivity index (χ3v) is 1.95. The Kier molecular flexibility index (Phi) is 16.4. The van der Waals surface area contributed by atoms with Gasteiger partial charge < -0.3 is 5.73 Å². The maximum Gasteiger partial charge on any atom is 0.190 e. The lowest BCUT2D eigenvalue weighted by atomic mass is 10.1. The number of nitrogens with zero attached hydrogens (tertiary/aromatic N) is 2. The van der Waals surface area contributed by atoms with Gasteiger partial charge in [0.25, 0.3) is 0 Å². The molecule has 0 aliphatic rings. The normalized spacial score (nSPS) is 10.2. The quantitative estimate of drug-likeness (QED) is 0.400. The lowest BCUT2D eigenvalue weighted by Gasteiger charge is -2.08. The van der Waals surface area contributed by atoms with Crippen molar-refractivity contribution in [2.24, 2.45) is 5.73 Å². The Morgan fingerprint density at radius 2 is 1.67 bits per heavy atom. The topological polar surface area (TPSA) is 85.6 Å². The Morgan fingerprint density at radius 1 is 1.07 bits per heavy atom. The minimum atomic E-state index is 0.469. The number of nitrogens with one attached hydrogen (secondary N) is 1. The summed E-state index contributed by atoms with van der Waals surface area (Å²) < 4.78 is 0. The molecule has 0 heterocycles. The molecular weight excluding hydrogens is 188 g/mol. The molecule has 0 aromatic heterocycles. The van der Waals surface area contributed by atoms with E-state index in [1.54, 1.807) is 5.32 Å². The summed E-state index contributed by atoms with van der Waals surface area (Å²) in [5.41, 5.74) is 5.82. The van der Waals surface area contributed by atoms with Crippen LogP contribution in [0.25, 0.3) is 0 Å². The average molecular weight is 210 g/mol. The van der Waals surface area contributed by atoms with E-state index in [9.17, 15) is 0 Å². The fourth-order valence-corrected chi connectivity index (χ4v) is 1.20. The molecule has 0 rings (SSSR count). The highest BCUT2D eigenvalue weighted by molar-refractivity contribution is 4.77. The molecule has 0 saturated carbocycles. The van der Waals surface area contributed by atoms with Crippen LogP contribution in [0.3, 0.4) is 0 Å². The molecule has 3 N–H and O–H groups in total. The van der Waals surface area contributed by atoms with Crippen LogP contribution in [-0.4, -0.2) is 6.04 Å². The molecule has 15 heavy (non-hydrogen) atoms. The molecule has 0 aliphatic carbocycles. The zero-order chi connectivity index (χ0) is 11.9. The highest BCUT2D eigenvalue weighted by Gasteiger charge is 1.98. The third kappa shape index (κ3) is 19.2. The Labute approximate surface area is 93.1 Å². The fraction of sp³-hybridized carbons (Fsp3) is 0.818. The lowest BCUT2D eigenvalue weighted by molar-refractivity contribution is 0.524. The van der Waals surface area contributed by atoms with Gasteiger partial charge in [0.1, 0.15) is 0 Å². The van der Waals surface area contributed by atoms with Gasteiger partial charge in [-0.3, -0.25) is 0 Å². The summed E-state index contributed by atoms with van der Waals surface area (Å²) in [5.74, 6) is 0. The summed E-state index contributed by atoms with van der Waals surface area (Å²) in [7, 11) is 0. The minimum absolute atomic E-state index is 0.469. The monoisotopic (exact) mass is 210 g/mol. The minimum Gasteiger partial charge on any atom is -0.328 e. The molecule has 0 amide bonds. The predicted molar refractivity (Wildman–Crippen MR) is 61.4 cm³/mol. The van der Waals surface area contributed by atoms with Crippen LogP contribution in [0.4, 0.5) is 0 Å². The van der Waals surface area contributed by atoms with Gasteiger partial charge in [0.15, 0.2) is 12.4 Å². The van der Waals surface area contributed by atoms with E-state index in [1.165, 1.54) is 50.9 Å². The highest BCUT2D eigenvalue weighted by Crippen LogP contribution is 2.05. The van der Waals surface area contributed by atoms with Crippen LogP contribution in [0.1, 0.15) is 52.4 Å². The second kappa shape index (κ2) is 15.2. The smallest absolute Gasteiger partial charge is 0.190 e. The molecular formula is C11H22N4. The Bertz CT molecular complexity index is 178. The van der Waals surface area contributed by atoms with Crippen molar-refractivity contribution >= 4 is 0 Å². The van der Waals surface area contributed by atoms with E-state index in [1.807, 2.05) is 0 Å². The Hall–Kier alpha value is -1.26. The summed E-state index contributed by atoms with van der Waals surface area (Å²) in [6, 6.07) is 0.469. The number of hydrogen-bond donors (Lipinski definition) is 2. The first kappa shape index (κ1) is 16.2. The van der Waals surface area contributed by atoms with Gasteiger partial charge in [-0.1, -0.05) is 39.5 Å². The summed E-state index contributed by atoms with van der Waals surface area (Å²) >= 11 is 0. The van der Waals surface area contributed by atoms with Gasteiger partial charge >= 0.3 is 0 Å². The van der Waals surface area contributed by atoms with Crippen molar-refractivity contribution in [3.63, 3.8) is 0 Å². The number of nitrogens with two attached hydrogens (primary N) is 1. The van der Waals surface area contributed by atoms with Gasteiger partial charge in [-0.15, -0.1) is 0 Å². The summed E-state index contributed by atoms with van der Waals surface area (Å²) in [4.78, 5) is 0. The maximum absolute atomic E-state index is 7.48. The van der Waals surface area contributed by atoms with Gasteiger partial charge in [0.05, 0.1) is 0 Å². The molecule has 0 radical (unpaired) electrons. The highest BCUT2D eigenvalue weighted by atomic mass is 14.8. The van der Waals surface area contributed by atoms with E-state index in [0.29, 0.717) is 6.04 Å². The molecule has 4 heteroatoms. The number of rotatable bonds is 6. The molecule has 1 unspecified atom stereocenters. The van der Waals surface area contributed by atoms with E-state index in [2.05, 4.69) is 13.8 Å². The Balaban J connectivity index is 0. The summed E-state index contributed by atoms with van der Waals surface area (Å²) in [6.07, 6.45) is 10.4. The molecule has 86 valence electrons. The molecule has 0 fully saturated rings. The average Bonchev–Trinajstić information content (AvgIpc) is 2.21. The summed E-state index contributed by atoms with van der Waals surface area (Å²) in [6.45, 7) is 4.42. The Morgan fingerprint density at radius 3 is 2.00 bits per heavy atom. The number of hydrogen-bond acceptors (Lipinski definition) is 4. The summed E-state index contributed by atoms with van der Waals surface area (Å²) in [5, 5.41) is 16.7. The zero-order valence-electron chi connectivity index (χ0n) is 9.79. The van der Waals surface area contributed by atoms with Crippen molar-refractivity contribution in [1.29, 1.82) is 10.5 Å². The van der Waals surface area contributed by atoms with Crippen LogP contribution in [0.2, 0.25) is 0 Å². The number of unbranched alkanes of at least 4 members (excludes halogenated alkanes) is 2. The second-order valence-corrected chi connectivity index (χ2v) is 3.39. The maximum atomic E-state index is 7.48. The van der Waals surface area contributed by atoms with Crippen molar-refractivity contribution in [2.45, 2.75) is 58.4 Å².